The molecule has 108 valence electrons. The molecule has 2 aromatic rings. The minimum Gasteiger partial charge on any atom is -0.489 e. The minimum absolute atomic E-state index is 0.0118. The Morgan fingerprint density at radius 3 is 2.76 bits per heavy atom. The number of benzene rings is 2. The number of ether oxygens (including phenoxy) is 1. The van der Waals surface area contributed by atoms with Crippen LogP contribution in [0.2, 0.25) is 0 Å². The number of aryl methyl sites for hydroxylation is 1. The van der Waals surface area contributed by atoms with Gasteiger partial charge in [0.15, 0.2) is 0 Å². The molecular formula is C18H17FO2. The molecule has 0 aliphatic heterocycles. The molecule has 0 radical (unpaired) electrons. The monoisotopic (exact) mass is 284 g/mol. The fourth-order valence-electron chi connectivity index (χ4n) is 1.83. The van der Waals surface area contributed by atoms with Crippen LogP contribution in [0.4, 0.5) is 4.39 Å². The van der Waals surface area contributed by atoms with Crippen LogP contribution in [0.15, 0.2) is 42.5 Å². The maximum atomic E-state index is 13.9. The molecule has 2 nitrogen and oxygen atoms in total. The van der Waals surface area contributed by atoms with Crippen LogP contribution < -0.4 is 4.74 Å². The van der Waals surface area contributed by atoms with Crippen molar-refractivity contribution in [2.45, 2.75) is 20.0 Å². The lowest BCUT2D eigenvalue weighted by Gasteiger charge is -2.08. The van der Waals surface area contributed by atoms with Crippen molar-refractivity contribution in [2.75, 3.05) is 6.61 Å². The van der Waals surface area contributed by atoms with Gasteiger partial charge >= 0.3 is 0 Å². The van der Waals surface area contributed by atoms with Crippen LogP contribution in [0.5, 0.6) is 5.75 Å². The molecule has 0 saturated heterocycles. The van der Waals surface area contributed by atoms with Gasteiger partial charge in [-0.3, -0.25) is 0 Å². The fourth-order valence-corrected chi connectivity index (χ4v) is 1.83. The average Bonchev–Trinajstić information content (AvgIpc) is 2.47. The van der Waals surface area contributed by atoms with E-state index in [1.54, 1.807) is 12.1 Å². The first kappa shape index (κ1) is 15.1. The van der Waals surface area contributed by atoms with Crippen LogP contribution >= 0.6 is 0 Å². The summed E-state index contributed by atoms with van der Waals surface area (Å²) >= 11 is 0. The highest BCUT2D eigenvalue weighted by atomic mass is 19.1. The van der Waals surface area contributed by atoms with Gasteiger partial charge in [-0.25, -0.2) is 4.39 Å². The summed E-state index contributed by atoms with van der Waals surface area (Å²) < 4.78 is 19.5. The molecule has 0 unspecified atom stereocenters. The Labute approximate surface area is 124 Å². The number of aliphatic hydroxyl groups is 1. The van der Waals surface area contributed by atoms with E-state index in [9.17, 15) is 4.39 Å². The molecule has 0 fully saturated rings. The molecule has 0 aromatic heterocycles. The second-order valence-corrected chi connectivity index (χ2v) is 4.69. The van der Waals surface area contributed by atoms with E-state index < -0.39 is 0 Å². The highest BCUT2D eigenvalue weighted by Gasteiger charge is 2.04. The van der Waals surface area contributed by atoms with Gasteiger partial charge in [-0.15, -0.1) is 0 Å². The maximum absolute atomic E-state index is 13.9. The SMILES string of the molecule is Cc1cccc(OCc2ccc(C#CCCO)cc2F)c1. The second kappa shape index (κ2) is 7.47. The van der Waals surface area contributed by atoms with Gasteiger partial charge in [-0.2, -0.15) is 0 Å². The molecule has 0 spiro atoms. The van der Waals surface area contributed by atoms with E-state index in [0.717, 1.165) is 11.3 Å². The van der Waals surface area contributed by atoms with Gasteiger partial charge in [0, 0.05) is 17.5 Å². The highest BCUT2D eigenvalue weighted by molar-refractivity contribution is 5.37. The van der Waals surface area contributed by atoms with Gasteiger partial charge in [0.2, 0.25) is 0 Å². The summed E-state index contributed by atoms with van der Waals surface area (Å²) in [6, 6.07) is 12.5. The van der Waals surface area contributed by atoms with Crippen LogP contribution in [0.3, 0.4) is 0 Å². The molecule has 0 amide bonds. The third kappa shape index (κ3) is 4.62. The summed E-state index contributed by atoms with van der Waals surface area (Å²) in [6.45, 7) is 2.17. The largest absolute Gasteiger partial charge is 0.489 e. The predicted octanol–water partition coefficient (Wildman–Crippen LogP) is 3.45. The molecule has 0 atom stereocenters. The van der Waals surface area contributed by atoms with Crippen LogP contribution in [-0.2, 0) is 6.61 Å². The zero-order valence-corrected chi connectivity index (χ0v) is 11.9. The third-order valence-corrected chi connectivity index (χ3v) is 2.91. The molecule has 0 aliphatic rings. The zero-order chi connectivity index (χ0) is 15.1. The molecule has 3 heteroatoms. The number of aliphatic hydroxyl groups excluding tert-OH is 1. The average molecular weight is 284 g/mol. The maximum Gasteiger partial charge on any atom is 0.131 e. The first-order valence-electron chi connectivity index (χ1n) is 6.76. The molecule has 0 saturated carbocycles. The van der Waals surface area contributed by atoms with Gasteiger partial charge in [0.25, 0.3) is 0 Å². The molecular weight excluding hydrogens is 267 g/mol. The van der Waals surface area contributed by atoms with Gasteiger partial charge in [-0.1, -0.05) is 30.0 Å². The lowest BCUT2D eigenvalue weighted by molar-refractivity contribution is 0.299. The number of hydrogen-bond donors (Lipinski definition) is 1. The van der Waals surface area contributed by atoms with Crippen molar-refractivity contribution in [3.05, 3.63) is 65.0 Å². The summed E-state index contributed by atoms with van der Waals surface area (Å²) in [4.78, 5) is 0. The van der Waals surface area contributed by atoms with Crippen molar-refractivity contribution in [1.29, 1.82) is 0 Å². The Bertz CT molecular complexity index is 668. The smallest absolute Gasteiger partial charge is 0.131 e. The molecule has 2 rings (SSSR count). The molecule has 2 aromatic carbocycles. The molecule has 0 aliphatic carbocycles. The second-order valence-electron chi connectivity index (χ2n) is 4.69. The number of halogens is 1. The molecule has 21 heavy (non-hydrogen) atoms. The van der Waals surface area contributed by atoms with Crippen LogP contribution in [-0.4, -0.2) is 11.7 Å². The van der Waals surface area contributed by atoms with Gasteiger partial charge in [-0.05, 0) is 36.8 Å². The topological polar surface area (TPSA) is 29.5 Å². The summed E-state index contributed by atoms with van der Waals surface area (Å²) in [7, 11) is 0. The van der Waals surface area contributed by atoms with Crippen molar-refractivity contribution in [1.82, 2.24) is 0 Å². The zero-order valence-electron chi connectivity index (χ0n) is 11.9. The first-order valence-corrected chi connectivity index (χ1v) is 6.76. The predicted molar refractivity (Wildman–Crippen MR) is 80.5 cm³/mol. The van der Waals surface area contributed by atoms with Crippen molar-refractivity contribution in [3.63, 3.8) is 0 Å². The molecule has 0 heterocycles. The summed E-state index contributed by atoms with van der Waals surface area (Å²) in [6.07, 6.45) is 0.389. The van der Waals surface area contributed by atoms with E-state index in [1.807, 2.05) is 31.2 Å². The minimum atomic E-state index is -0.335. The van der Waals surface area contributed by atoms with E-state index in [4.69, 9.17) is 9.84 Å². The Kier molecular flexibility index (Phi) is 5.36. The van der Waals surface area contributed by atoms with E-state index >= 15 is 0 Å². The van der Waals surface area contributed by atoms with Crippen LogP contribution in [0.25, 0.3) is 0 Å². The van der Waals surface area contributed by atoms with Gasteiger partial charge in [0.05, 0.1) is 6.61 Å². The Morgan fingerprint density at radius 2 is 2.05 bits per heavy atom. The summed E-state index contributed by atoms with van der Waals surface area (Å²) in [5.74, 6) is 5.96. The third-order valence-electron chi connectivity index (χ3n) is 2.91. The van der Waals surface area contributed by atoms with E-state index in [0.29, 0.717) is 17.5 Å². The van der Waals surface area contributed by atoms with E-state index in [1.165, 1.54) is 6.07 Å². The Balaban J connectivity index is 2.03. The van der Waals surface area contributed by atoms with Crippen molar-refractivity contribution < 1.29 is 14.2 Å². The number of rotatable bonds is 4. The molecule has 1 N–H and O–H groups in total. The lowest BCUT2D eigenvalue weighted by atomic mass is 10.1. The van der Waals surface area contributed by atoms with Gasteiger partial charge in [0.1, 0.15) is 18.2 Å². The lowest BCUT2D eigenvalue weighted by Crippen LogP contribution is -1.99. The van der Waals surface area contributed by atoms with Crippen LogP contribution in [0.1, 0.15) is 23.1 Å². The van der Waals surface area contributed by atoms with E-state index in [-0.39, 0.29) is 19.0 Å². The number of hydrogen-bond acceptors (Lipinski definition) is 2. The molecule has 0 bridgehead atoms. The van der Waals surface area contributed by atoms with Crippen molar-refractivity contribution in [2.24, 2.45) is 0 Å². The van der Waals surface area contributed by atoms with Crippen LogP contribution in [0, 0.1) is 24.6 Å². The van der Waals surface area contributed by atoms with Crippen molar-refractivity contribution in [3.8, 4) is 17.6 Å². The van der Waals surface area contributed by atoms with Crippen molar-refractivity contribution >= 4 is 0 Å². The Hall–Kier alpha value is -2.31. The highest BCUT2D eigenvalue weighted by Crippen LogP contribution is 2.16. The van der Waals surface area contributed by atoms with E-state index in [2.05, 4.69) is 11.8 Å². The summed E-state index contributed by atoms with van der Waals surface area (Å²) in [5, 5.41) is 8.65. The fraction of sp³-hybridized carbons (Fsp3) is 0.222. The standard InChI is InChI=1S/C18H17FO2/c1-14-5-4-7-17(11-14)21-13-16-9-8-15(12-18(16)19)6-2-3-10-20/h4-5,7-9,11-12,20H,3,10,13H2,1H3. The first-order chi connectivity index (χ1) is 10.2. The Morgan fingerprint density at radius 1 is 1.19 bits per heavy atom. The quantitative estimate of drug-likeness (QED) is 0.871. The summed E-state index contributed by atoms with van der Waals surface area (Å²) in [5.41, 5.74) is 2.19. The van der Waals surface area contributed by atoms with Gasteiger partial charge < -0.3 is 9.84 Å². The normalized spacial score (nSPS) is 9.86.